The molecule has 4 heteroatoms. The van der Waals surface area contributed by atoms with Crippen molar-refractivity contribution in [3.63, 3.8) is 0 Å². The molecule has 2 atom stereocenters. The highest BCUT2D eigenvalue weighted by atomic mass is 16.3. The van der Waals surface area contributed by atoms with Gasteiger partial charge in [-0.2, -0.15) is 0 Å². The quantitative estimate of drug-likeness (QED) is 0.706. The molecule has 0 aromatic carbocycles. The molecule has 0 bridgehead atoms. The van der Waals surface area contributed by atoms with Crippen LogP contribution in [0.3, 0.4) is 0 Å². The van der Waals surface area contributed by atoms with E-state index in [0.29, 0.717) is 25.6 Å². The Balaban J connectivity index is 2.61. The van der Waals surface area contributed by atoms with Gasteiger partial charge in [0.1, 0.15) is 0 Å². The van der Waals surface area contributed by atoms with Crippen LogP contribution in [0, 0.1) is 5.92 Å². The van der Waals surface area contributed by atoms with Crippen molar-refractivity contribution >= 4 is 5.91 Å². The van der Waals surface area contributed by atoms with Crippen molar-refractivity contribution in [3.8, 4) is 0 Å². The van der Waals surface area contributed by atoms with Crippen LogP contribution >= 0.6 is 0 Å². The molecule has 2 unspecified atom stereocenters. The number of hydrogen-bond donors (Lipinski definition) is 1. The van der Waals surface area contributed by atoms with Gasteiger partial charge in [-0.05, 0) is 25.3 Å². The minimum absolute atomic E-state index is 0.0763. The first-order valence-corrected chi connectivity index (χ1v) is 6.98. The zero-order chi connectivity index (χ0) is 14.3. The van der Waals surface area contributed by atoms with Crippen LogP contribution in [0.15, 0.2) is 25.3 Å². The molecule has 19 heavy (non-hydrogen) atoms. The summed E-state index contributed by atoms with van der Waals surface area (Å²) in [7, 11) is 0. The number of carbonyl (C=O) groups is 1. The molecule has 0 aromatic heterocycles. The molecule has 0 aromatic rings. The van der Waals surface area contributed by atoms with Crippen LogP contribution in [0.2, 0.25) is 0 Å². The SMILES string of the molecule is C=CCN(CC=C)C(=O)CN1CCCC(C)C1CO. The molecule has 0 aliphatic carbocycles. The van der Waals surface area contributed by atoms with E-state index in [1.807, 2.05) is 0 Å². The summed E-state index contributed by atoms with van der Waals surface area (Å²) in [5.74, 6) is 0.520. The largest absolute Gasteiger partial charge is 0.395 e. The van der Waals surface area contributed by atoms with Gasteiger partial charge in [-0.15, -0.1) is 13.2 Å². The van der Waals surface area contributed by atoms with Gasteiger partial charge in [-0.25, -0.2) is 0 Å². The second kappa shape index (κ2) is 8.12. The Morgan fingerprint density at radius 3 is 2.58 bits per heavy atom. The Labute approximate surface area is 116 Å². The number of carbonyl (C=O) groups excluding carboxylic acids is 1. The van der Waals surface area contributed by atoms with Crippen molar-refractivity contribution in [3.05, 3.63) is 25.3 Å². The number of aliphatic hydroxyl groups excluding tert-OH is 1. The Morgan fingerprint density at radius 2 is 2.05 bits per heavy atom. The topological polar surface area (TPSA) is 43.8 Å². The monoisotopic (exact) mass is 266 g/mol. The molecule has 1 saturated heterocycles. The van der Waals surface area contributed by atoms with E-state index >= 15 is 0 Å². The fraction of sp³-hybridized carbons (Fsp3) is 0.667. The molecule has 1 aliphatic rings. The number of nitrogens with zero attached hydrogens (tertiary/aromatic N) is 2. The highest BCUT2D eigenvalue weighted by Gasteiger charge is 2.29. The zero-order valence-corrected chi connectivity index (χ0v) is 11.9. The van der Waals surface area contributed by atoms with Gasteiger partial charge in [0.25, 0.3) is 0 Å². The lowest BCUT2D eigenvalue weighted by Gasteiger charge is -2.39. The van der Waals surface area contributed by atoms with E-state index in [1.165, 1.54) is 0 Å². The first kappa shape index (κ1) is 15.9. The second-order valence-electron chi connectivity index (χ2n) is 5.22. The van der Waals surface area contributed by atoms with Gasteiger partial charge in [0, 0.05) is 19.1 Å². The van der Waals surface area contributed by atoms with Gasteiger partial charge in [0.2, 0.25) is 5.91 Å². The van der Waals surface area contributed by atoms with Gasteiger partial charge >= 0.3 is 0 Å². The van der Waals surface area contributed by atoms with Crippen molar-refractivity contribution in [1.82, 2.24) is 9.80 Å². The lowest BCUT2D eigenvalue weighted by Crippen LogP contribution is -2.51. The molecule has 4 nitrogen and oxygen atoms in total. The third kappa shape index (κ3) is 4.48. The summed E-state index contributed by atoms with van der Waals surface area (Å²) in [6.07, 6.45) is 5.67. The van der Waals surface area contributed by atoms with Crippen molar-refractivity contribution in [2.24, 2.45) is 5.92 Å². The van der Waals surface area contributed by atoms with E-state index in [1.54, 1.807) is 17.1 Å². The lowest BCUT2D eigenvalue weighted by molar-refractivity contribution is -0.133. The number of hydrogen-bond acceptors (Lipinski definition) is 3. The molecule has 1 heterocycles. The highest BCUT2D eigenvalue weighted by Crippen LogP contribution is 2.22. The van der Waals surface area contributed by atoms with Gasteiger partial charge in [-0.3, -0.25) is 9.69 Å². The highest BCUT2D eigenvalue weighted by molar-refractivity contribution is 5.78. The number of aliphatic hydroxyl groups is 1. The first-order valence-electron chi connectivity index (χ1n) is 6.98. The Bertz CT molecular complexity index is 307. The average molecular weight is 266 g/mol. The van der Waals surface area contributed by atoms with E-state index in [9.17, 15) is 9.90 Å². The lowest BCUT2D eigenvalue weighted by atomic mass is 9.91. The smallest absolute Gasteiger partial charge is 0.237 e. The zero-order valence-electron chi connectivity index (χ0n) is 11.9. The standard InChI is InChI=1S/C15H26N2O2/c1-4-8-16(9-5-2)15(19)11-17-10-6-7-13(3)14(17)12-18/h4-5,13-14,18H,1-2,6-12H2,3H3. The molecule has 0 radical (unpaired) electrons. The Kier molecular flexibility index (Phi) is 6.81. The van der Waals surface area contributed by atoms with E-state index in [-0.39, 0.29) is 18.6 Å². The summed E-state index contributed by atoms with van der Waals surface area (Å²) in [5.41, 5.74) is 0. The Hall–Kier alpha value is -1.13. The summed E-state index contributed by atoms with van der Waals surface area (Å²) >= 11 is 0. The molecule has 0 spiro atoms. The molecule has 1 fully saturated rings. The predicted molar refractivity (Wildman–Crippen MR) is 77.8 cm³/mol. The van der Waals surface area contributed by atoms with E-state index in [0.717, 1.165) is 19.4 Å². The van der Waals surface area contributed by atoms with E-state index < -0.39 is 0 Å². The number of piperidine rings is 1. The molecular weight excluding hydrogens is 240 g/mol. The van der Waals surface area contributed by atoms with E-state index in [2.05, 4.69) is 25.0 Å². The van der Waals surface area contributed by atoms with Gasteiger partial charge in [-0.1, -0.05) is 19.1 Å². The van der Waals surface area contributed by atoms with Crippen molar-refractivity contribution < 1.29 is 9.90 Å². The third-order valence-corrected chi connectivity index (χ3v) is 3.81. The second-order valence-corrected chi connectivity index (χ2v) is 5.22. The fourth-order valence-electron chi connectivity index (χ4n) is 2.69. The number of amides is 1. The van der Waals surface area contributed by atoms with Gasteiger partial charge in [0.15, 0.2) is 0 Å². The van der Waals surface area contributed by atoms with Crippen LogP contribution in [0.1, 0.15) is 19.8 Å². The summed E-state index contributed by atoms with van der Waals surface area (Å²) in [5, 5.41) is 9.49. The van der Waals surface area contributed by atoms with Crippen LogP contribution in [-0.2, 0) is 4.79 Å². The maximum atomic E-state index is 12.3. The van der Waals surface area contributed by atoms with Crippen LogP contribution in [0.5, 0.6) is 0 Å². The van der Waals surface area contributed by atoms with Gasteiger partial charge in [0.05, 0.1) is 13.2 Å². The van der Waals surface area contributed by atoms with Crippen molar-refractivity contribution in [2.45, 2.75) is 25.8 Å². The Morgan fingerprint density at radius 1 is 1.42 bits per heavy atom. The molecule has 1 amide bonds. The maximum absolute atomic E-state index is 12.3. The summed E-state index contributed by atoms with van der Waals surface area (Å²) in [6.45, 7) is 11.9. The molecule has 0 saturated carbocycles. The van der Waals surface area contributed by atoms with Gasteiger partial charge < -0.3 is 10.0 Å². The van der Waals surface area contributed by atoms with Crippen molar-refractivity contribution in [2.75, 3.05) is 32.8 Å². The van der Waals surface area contributed by atoms with Crippen LogP contribution in [0.25, 0.3) is 0 Å². The fourth-order valence-corrected chi connectivity index (χ4v) is 2.69. The summed E-state index contributed by atoms with van der Waals surface area (Å²) in [4.78, 5) is 16.1. The average Bonchev–Trinajstić information content (AvgIpc) is 2.38. The van der Waals surface area contributed by atoms with Crippen LogP contribution in [-0.4, -0.2) is 59.6 Å². The first-order chi connectivity index (χ1) is 9.13. The third-order valence-electron chi connectivity index (χ3n) is 3.81. The van der Waals surface area contributed by atoms with Crippen molar-refractivity contribution in [1.29, 1.82) is 0 Å². The van der Waals surface area contributed by atoms with Crippen LogP contribution < -0.4 is 0 Å². The molecule has 1 aliphatic heterocycles. The molecule has 108 valence electrons. The molecular formula is C15H26N2O2. The predicted octanol–water partition coefficient (Wildman–Crippen LogP) is 1.28. The minimum atomic E-state index is 0.0763. The maximum Gasteiger partial charge on any atom is 0.237 e. The number of rotatable bonds is 7. The minimum Gasteiger partial charge on any atom is -0.395 e. The normalized spacial score (nSPS) is 23.9. The van der Waals surface area contributed by atoms with E-state index in [4.69, 9.17) is 0 Å². The summed E-state index contributed by atoms with van der Waals surface area (Å²) in [6, 6.07) is 0.104. The molecule has 1 N–H and O–H groups in total. The molecule has 1 rings (SSSR count). The summed E-state index contributed by atoms with van der Waals surface area (Å²) < 4.78 is 0. The number of likely N-dealkylation sites (tertiary alicyclic amines) is 1. The van der Waals surface area contributed by atoms with Crippen LogP contribution in [0.4, 0.5) is 0 Å².